The van der Waals surface area contributed by atoms with Gasteiger partial charge in [-0.05, 0) is 49.4 Å². The van der Waals surface area contributed by atoms with Gasteiger partial charge in [0, 0.05) is 39.5 Å². The number of rotatable bonds is 3. The standard InChI is InChI=1S/C18H14N4S/c1-12-4-7-18(23-12)14-5-6-15(20-11-14)17-9-16(21-22-17)13-3-2-8-19-10-13/h2-11H,1H3,(H,21,22). The summed E-state index contributed by atoms with van der Waals surface area (Å²) in [6.07, 6.45) is 5.46. The summed E-state index contributed by atoms with van der Waals surface area (Å²) in [6, 6.07) is 14.3. The van der Waals surface area contributed by atoms with E-state index in [2.05, 4.69) is 45.3 Å². The van der Waals surface area contributed by atoms with Crippen molar-refractivity contribution >= 4 is 11.3 Å². The summed E-state index contributed by atoms with van der Waals surface area (Å²) >= 11 is 1.78. The third-order valence-electron chi connectivity index (χ3n) is 3.60. The smallest absolute Gasteiger partial charge is 0.0943 e. The van der Waals surface area contributed by atoms with Crippen LogP contribution in [0.15, 0.2) is 61.1 Å². The molecule has 0 aliphatic rings. The Kier molecular flexibility index (Phi) is 3.48. The van der Waals surface area contributed by atoms with Crippen LogP contribution in [-0.4, -0.2) is 20.2 Å². The second-order valence-electron chi connectivity index (χ2n) is 5.25. The van der Waals surface area contributed by atoms with Crippen LogP contribution in [0.1, 0.15) is 4.88 Å². The number of nitrogens with zero attached hydrogens (tertiary/aromatic N) is 3. The SMILES string of the molecule is Cc1ccc(-c2ccc(-c3cc(-c4cccnc4)n[nH]3)nc2)s1. The maximum absolute atomic E-state index is 4.56. The van der Waals surface area contributed by atoms with Crippen LogP contribution in [0.3, 0.4) is 0 Å². The highest BCUT2D eigenvalue weighted by molar-refractivity contribution is 7.15. The van der Waals surface area contributed by atoms with Gasteiger partial charge in [0.25, 0.3) is 0 Å². The van der Waals surface area contributed by atoms with Crippen molar-refractivity contribution in [1.29, 1.82) is 0 Å². The Balaban J connectivity index is 1.63. The number of nitrogens with one attached hydrogen (secondary N) is 1. The van der Waals surface area contributed by atoms with E-state index in [4.69, 9.17) is 0 Å². The highest BCUT2D eigenvalue weighted by Crippen LogP contribution is 2.28. The topological polar surface area (TPSA) is 54.5 Å². The predicted octanol–water partition coefficient (Wildman–Crippen LogP) is 4.57. The Labute approximate surface area is 137 Å². The van der Waals surface area contributed by atoms with Crippen LogP contribution in [0, 0.1) is 6.92 Å². The molecule has 0 saturated heterocycles. The molecule has 23 heavy (non-hydrogen) atoms. The zero-order valence-corrected chi connectivity index (χ0v) is 13.3. The van der Waals surface area contributed by atoms with E-state index in [1.165, 1.54) is 9.75 Å². The maximum Gasteiger partial charge on any atom is 0.0943 e. The molecule has 1 N–H and O–H groups in total. The Morgan fingerprint density at radius 3 is 2.61 bits per heavy atom. The number of aromatic nitrogens is 4. The Morgan fingerprint density at radius 2 is 1.91 bits per heavy atom. The van der Waals surface area contributed by atoms with Gasteiger partial charge < -0.3 is 0 Å². The molecule has 0 atom stereocenters. The minimum atomic E-state index is 0.868. The van der Waals surface area contributed by atoms with Crippen LogP contribution in [0.25, 0.3) is 33.1 Å². The molecular weight excluding hydrogens is 304 g/mol. The van der Waals surface area contributed by atoms with E-state index >= 15 is 0 Å². The fraction of sp³-hybridized carbons (Fsp3) is 0.0556. The van der Waals surface area contributed by atoms with Gasteiger partial charge >= 0.3 is 0 Å². The van der Waals surface area contributed by atoms with Crippen LogP contribution in [-0.2, 0) is 0 Å². The maximum atomic E-state index is 4.56. The van der Waals surface area contributed by atoms with Crippen LogP contribution in [0.5, 0.6) is 0 Å². The van der Waals surface area contributed by atoms with Crippen molar-refractivity contribution in [3.05, 3.63) is 65.9 Å². The van der Waals surface area contributed by atoms with Crippen molar-refractivity contribution in [1.82, 2.24) is 20.2 Å². The van der Waals surface area contributed by atoms with E-state index < -0.39 is 0 Å². The first kappa shape index (κ1) is 13.8. The lowest BCUT2D eigenvalue weighted by molar-refractivity contribution is 1.09. The summed E-state index contributed by atoms with van der Waals surface area (Å²) in [6.45, 7) is 2.11. The normalized spacial score (nSPS) is 10.8. The molecule has 0 aliphatic carbocycles. The van der Waals surface area contributed by atoms with Crippen molar-refractivity contribution in [2.45, 2.75) is 6.92 Å². The van der Waals surface area contributed by atoms with Gasteiger partial charge in [0.15, 0.2) is 0 Å². The number of thiophene rings is 1. The molecule has 0 aromatic carbocycles. The monoisotopic (exact) mass is 318 g/mol. The van der Waals surface area contributed by atoms with Gasteiger partial charge in [-0.1, -0.05) is 0 Å². The van der Waals surface area contributed by atoms with Crippen LogP contribution in [0.2, 0.25) is 0 Å². The highest BCUT2D eigenvalue weighted by Gasteiger charge is 2.08. The molecule has 0 amide bonds. The third-order valence-corrected chi connectivity index (χ3v) is 4.65. The lowest BCUT2D eigenvalue weighted by atomic mass is 10.1. The zero-order chi connectivity index (χ0) is 15.6. The molecule has 112 valence electrons. The van der Waals surface area contributed by atoms with Crippen LogP contribution < -0.4 is 0 Å². The number of hydrogen-bond donors (Lipinski definition) is 1. The van der Waals surface area contributed by atoms with Crippen molar-refractivity contribution in [3.8, 4) is 33.1 Å². The molecule has 0 radical (unpaired) electrons. The molecular formula is C18H14N4S. The summed E-state index contributed by atoms with van der Waals surface area (Å²) in [5.41, 5.74) is 4.77. The Hall–Kier alpha value is -2.79. The first-order valence-corrected chi connectivity index (χ1v) is 8.10. The fourth-order valence-corrected chi connectivity index (χ4v) is 3.26. The minimum absolute atomic E-state index is 0.868. The molecule has 5 heteroatoms. The van der Waals surface area contributed by atoms with Crippen molar-refractivity contribution in [2.24, 2.45) is 0 Å². The molecule has 0 fully saturated rings. The first-order valence-electron chi connectivity index (χ1n) is 7.29. The third kappa shape index (κ3) is 2.78. The van der Waals surface area contributed by atoms with Crippen molar-refractivity contribution in [3.63, 3.8) is 0 Å². The molecule has 4 rings (SSSR count). The average molecular weight is 318 g/mol. The largest absolute Gasteiger partial charge is 0.276 e. The van der Waals surface area contributed by atoms with Crippen molar-refractivity contribution < 1.29 is 0 Å². The molecule has 4 aromatic rings. The van der Waals surface area contributed by atoms with E-state index in [0.717, 1.165) is 28.2 Å². The van der Waals surface area contributed by atoms with Crippen LogP contribution >= 0.6 is 11.3 Å². The Bertz CT molecular complexity index is 923. The lowest BCUT2D eigenvalue weighted by Gasteiger charge is -1.99. The molecule has 4 heterocycles. The fourth-order valence-electron chi connectivity index (χ4n) is 2.40. The summed E-state index contributed by atoms with van der Waals surface area (Å²) in [5.74, 6) is 0. The van der Waals surface area contributed by atoms with Gasteiger partial charge in [0.05, 0.1) is 17.1 Å². The number of H-pyrrole nitrogens is 1. The predicted molar refractivity (Wildman–Crippen MR) is 93.1 cm³/mol. The van der Waals surface area contributed by atoms with E-state index in [1.807, 2.05) is 30.5 Å². The zero-order valence-electron chi connectivity index (χ0n) is 12.5. The van der Waals surface area contributed by atoms with Gasteiger partial charge in [-0.2, -0.15) is 5.10 Å². The van der Waals surface area contributed by atoms with Gasteiger partial charge in [-0.3, -0.25) is 15.1 Å². The second kappa shape index (κ2) is 5.78. The molecule has 4 nitrogen and oxygen atoms in total. The van der Waals surface area contributed by atoms with Crippen molar-refractivity contribution in [2.75, 3.05) is 0 Å². The van der Waals surface area contributed by atoms with E-state index in [9.17, 15) is 0 Å². The number of aryl methyl sites for hydroxylation is 1. The lowest BCUT2D eigenvalue weighted by Crippen LogP contribution is -1.84. The molecule has 0 unspecified atom stereocenters. The molecule has 0 saturated carbocycles. The molecule has 0 bridgehead atoms. The molecule has 4 aromatic heterocycles. The summed E-state index contributed by atoms with van der Waals surface area (Å²) in [4.78, 5) is 11.2. The number of pyridine rings is 2. The summed E-state index contributed by atoms with van der Waals surface area (Å²) < 4.78 is 0. The highest BCUT2D eigenvalue weighted by atomic mass is 32.1. The van der Waals surface area contributed by atoms with E-state index in [1.54, 1.807) is 23.7 Å². The van der Waals surface area contributed by atoms with E-state index in [-0.39, 0.29) is 0 Å². The number of aromatic amines is 1. The van der Waals surface area contributed by atoms with Gasteiger partial charge in [-0.15, -0.1) is 11.3 Å². The summed E-state index contributed by atoms with van der Waals surface area (Å²) in [7, 11) is 0. The second-order valence-corrected chi connectivity index (χ2v) is 6.54. The molecule has 0 spiro atoms. The minimum Gasteiger partial charge on any atom is -0.276 e. The quantitative estimate of drug-likeness (QED) is 0.602. The first-order chi connectivity index (χ1) is 11.3. The van der Waals surface area contributed by atoms with Gasteiger partial charge in [0.2, 0.25) is 0 Å². The van der Waals surface area contributed by atoms with Crippen LogP contribution in [0.4, 0.5) is 0 Å². The van der Waals surface area contributed by atoms with Gasteiger partial charge in [0.1, 0.15) is 0 Å². The van der Waals surface area contributed by atoms with E-state index in [0.29, 0.717) is 0 Å². The number of hydrogen-bond acceptors (Lipinski definition) is 4. The van der Waals surface area contributed by atoms with Gasteiger partial charge in [-0.25, -0.2) is 0 Å². The average Bonchev–Trinajstić information content (AvgIpc) is 3.25. The molecule has 0 aliphatic heterocycles. The summed E-state index contributed by atoms with van der Waals surface area (Å²) in [5, 5.41) is 7.39. The Morgan fingerprint density at radius 1 is 0.957 bits per heavy atom.